The maximum absolute atomic E-state index is 2.35. The highest BCUT2D eigenvalue weighted by Gasteiger charge is 2.29. The van der Waals surface area contributed by atoms with E-state index >= 15 is 0 Å². The zero-order valence-electron chi connectivity index (χ0n) is 13.9. The molecule has 0 aliphatic heterocycles. The fourth-order valence-corrected chi connectivity index (χ4v) is 6.75. The van der Waals surface area contributed by atoms with Crippen LogP contribution >= 0.6 is 19.7 Å². The molecule has 1 atom stereocenters. The highest BCUT2D eigenvalue weighted by Crippen LogP contribution is 2.51. The Morgan fingerprint density at radius 2 is 1.35 bits per heavy atom. The molecule has 0 heterocycles. The molecule has 0 spiro atoms. The molecule has 0 saturated heterocycles. The van der Waals surface area contributed by atoms with Crippen LogP contribution in [-0.4, -0.2) is 10.00 Å². The summed E-state index contributed by atoms with van der Waals surface area (Å²) in [4.78, 5) is 0. The number of thioether (sulfide) groups is 1. The van der Waals surface area contributed by atoms with Gasteiger partial charge in [0.15, 0.2) is 0 Å². The van der Waals surface area contributed by atoms with Crippen molar-refractivity contribution in [1.29, 1.82) is 0 Å². The molecule has 2 heteroatoms. The Labute approximate surface area is 145 Å². The van der Waals surface area contributed by atoms with Gasteiger partial charge in [-0.1, -0.05) is 99.7 Å². The summed E-state index contributed by atoms with van der Waals surface area (Å²) in [6.07, 6.45) is 6.93. The van der Waals surface area contributed by atoms with Crippen LogP contribution in [0, 0.1) is 0 Å². The maximum atomic E-state index is 2.35. The molecule has 0 amide bonds. The van der Waals surface area contributed by atoms with E-state index in [0.717, 1.165) is 0 Å². The first-order chi connectivity index (χ1) is 11.0. The van der Waals surface area contributed by atoms with Gasteiger partial charge in [-0.25, -0.2) is 0 Å². The van der Waals surface area contributed by atoms with Gasteiger partial charge in [-0.05, 0) is 23.8 Å². The van der Waals surface area contributed by atoms with Crippen molar-refractivity contribution in [3.63, 3.8) is 0 Å². The van der Waals surface area contributed by atoms with Gasteiger partial charge in [-0.2, -0.15) is 0 Å². The third kappa shape index (κ3) is 4.16. The number of allylic oxidation sites excluding steroid dienone is 2. The highest BCUT2D eigenvalue weighted by molar-refractivity contribution is 8.02. The van der Waals surface area contributed by atoms with Crippen LogP contribution in [0.15, 0.2) is 84.2 Å². The molecule has 3 rings (SSSR count). The molecule has 0 bridgehead atoms. The lowest BCUT2D eigenvalue weighted by atomic mass is 10.3. The monoisotopic (exact) mass is 338 g/mol. The molecule has 1 aliphatic carbocycles. The molecule has 0 aromatic heterocycles. The van der Waals surface area contributed by atoms with Gasteiger partial charge in [-0.3, -0.25) is 0 Å². The van der Waals surface area contributed by atoms with Crippen molar-refractivity contribution in [1.82, 2.24) is 0 Å². The number of rotatable bonds is 4. The Balaban J connectivity index is 2.00. The predicted molar refractivity (Wildman–Crippen MR) is 107 cm³/mol. The van der Waals surface area contributed by atoms with E-state index in [0.29, 0.717) is 5.25 Å². The predicted octanol–water partition coefficient (Wildman–Crippen LogP) is 5.47. The van der Waals surface area contributed by atoms with Crippen LogP contribution in [0.1, 0.15) is 20.8 Å². The van der Waals surface area contributed by atoms with Gasteiger partial charge in [0.25, 0.3) is 0 Å². The molecule has 0 N–H and O–H groups in total. The quantitative estimate of drug-likeness (QED) is 0.666. The fourth-order valence-electron chi connectivity index (χ4n) is 2.73. The van der Waals surface area contributed by atoms with Crippen molar-refractivity contribution in [3.05, 3.63) is 84.2 Å². The van der Waals surface area contributed by atoms with Gasteiger partial charge in [-0.15, -0.1) is 11.8 Å². The van der Waals surface area contributed by atoms with Crippen LogP contribution in [0.3, 0.4) is 0 Å². The van der Waals surface area contributed by atoms with E-state index in [1.165, 1.54) is 10.6 Å². The van der Waals surface area contributed by atoms with Crippen LogP contribution in [0.25, 0.3) is 0 Å². The summed E-state index contributed by atoms with van der Waals surface area (Å²) < 4.78 is 0.257. The van der Waals surface area contributed by atoms with Crippen molar-refractivity contribution >= 4 is 30.3 Å². The molecule has 118 valence electrons. The Hall–Kier alpha value is -1.30. The lowest BCUT2D eigenvalue weighted by Crippen LogP contribution is -2.19. The van der Waals surface area contributed by atoms with Gasteiger partial charge < -0.3 is 0 Å². The first kappa shape index (κ1) is 16.6. The second kappa shape index (κ2) is 7.07. The van der Waals surface area contributed by atoms with Gasteiger partial charge in [0, 0.05) is 10.00 Å². The third-order valence-electron chi connectivity index (χ3n) is 3.61. The fraction of sp³-hybridized carbons (Fsp3) is 0.238. The normalized spacial score (nSPS) is 17.6. The molecule has 2 aromatic carbocycles. The van der Waals surface area contributed by atoms with E-state index in [2.05, 4.69) is 111 Å². The zero-order valence-corrected chi connectivity index (χ0v) is 15.6. The lowest BCUT2D eigenvalue weighted by Gasteiger charge is -2.29. The molecule has 0 unspecified atom stereocenters. The molecule has 23 heavy (non-hydrogen) atoms. The van der Waals surface area contributed by atoms with Crippen LogP contribution in [0.2, 0.25) is 0 Å². The summed E-state index contributed by atoms with van der Waals surface area (Å²) in [5.41, 5.74) is 0. The van der Waals surface area contributed by atoms with Gasteiger partial charge in [0.05, 0.1) is 0 Å². The van der Waals surface area contributed by atoms with E-state index in [-0.39, 0.29) is 4.75 Å². The first-order valence-corrected chi connectivity index (χ1v) is 10.2. The van der Waals surface area contributed by atoms with Crippen molar-refractivity contribution in [2.24, 2.45) is 0 Å². The number of benzene rings is 2. The van der Waals surface area contributed by atoms with Crippen molar-refractivity contribution < 1.29 is 0 Å². The average molecular weight is 338 g/mol. The first-order valence-electron chi connectivity index (χ1n) is 8.01. The minimum absolute atomic E-state index is 0.257. The third-order valence-corrected chi connectivity index (χ3v) is 7.73. The number of hydrogen-bond donors (Lipinski definition) is 0. The molecular weight excluding hydrogens is 315 g/mol. The van der Waals surface area contributed by atoms with Gasteiger partial charge in [0.1, 0.15) is 0 Å². The summed E-state index contributed by atoms with van der Waals surface area (Å²) in [6, 6.07) is 21.9. The topological polar surface area (TPSA) is 0 Å². The minimum Gasteiger partial charge on any atom is -0.144 e. The van der Waals surface area contributed by atoms with Crippen molar-refractivity contribution in [3.8, 4) is 0 Å². The molecule has 0 fully saturated rings. The second-order valence-electron chi connectivity index (χ2n) is 6.63. The van der Waals surface area contributed by atoms with Gasteiger partial charge in [0.2, 0.25) is 0 Å². The van der Waals surface area contributed by atoms with Crippen LogP contribution in [-0.2, 0) is 0 Å². The summed E-state index contributed by atoms with van der Waals surface area (Å²) in [7, 11) is -0.467. The van der Waals surface area contributed by atoms with E-state index in [9.17, 15) is 0 Å². The van der Waals surface area contributed by atoms with E-state index < -0.39 is 7.92 Å². The van der Waals surface area contributed by atoms with Crippen LogP contribution in [0.4, 0.5) is 0 Å². The summed E-state index contributed by atoms with van der Waals surface area (Å²) in [5.74, 6) is 0. The molecular formula is C21H23PS. The smallest absolute Gasteiger partial charge is 0.0496 e. The molecule has 2 aromatic rings. The summed E-state index contributed by atoms with van der Waals surface area (Å²) in [5, 5.41) is 4.89. The zero-order chi connectivity index (χ0) is 16.3. The SMILES string of the molecule is CC(C)(C)S[C@@H]1C=CC=C1P(c1ccccc1)c1ccccc1. The number of hydrogen-bond acceptors (Lipinski definition) is 1. The van der Waals surface area contributed by atoms with Crippen molar-refractivity contribution in [2.75, 3.05) is 0 Å². The van der Waals surface area contributed by atoms with E-state index in [4.69, 9.17) is 0 Å². The van der Waals surface area contributed by atoms with Crippen LogP contribution in [0.5, 0.6) is 0 Å². The summed E-state index contributed by atoms with van der Waals surface area (Å²) >= 11 is 2.05. The van der Waals surface area contributed by atoms with Crippen LogP contribution < -0.4 is 10.6 Å². The van der Waals surface area contributed by atoms with Crippen molar-refractivity contribution in [2.45, 2.75) is 30.8 Å². The summed E-state index contributed by atoms with van der Waals surface area (Å²) in [6.45, 7) is 6.90. The lowest BCUT2D eigenvalue weighted by molar-refractivity contribution is 0.801. The Kier molecular flexibility index (Phi) is 5.09. The Morgan fingerprint density at radius 3 is 1.83 bits per heavy atom. The Morgan fingerprint density at radius 1 is 0.826 bits per heavy atom. The molecule has 0 radical (unpaired) electrons. The molecule has 1 aliphatic rings. The Bertz CT molecular complexity index is 656. The maximum Gasteiger partial charge on any atom is 0.0496 e. The molecule has 0 nitrogen and oxygen atoms in total. The van der Waals surface area contributed by atoms with E-state index in [1.807, 2.05) is 0 Å². The minimum atomic E-state index is -0.467. The van der Waals surface area contributed by atoms with Gasteiger partial charge >= 0.3 is 0 Å². The second-order valence-corrected chi connectivity index (χ2v) is 10.8. The largest absolute Gasteiger partial charge is 0.144 e. The highest BCUT2D eigenvalue weighted by atomic mass is 32.2. The van der Waals surface area contributed by atoms with E-state index in [1.54, 1.807) is 5.31 Å². The standard InChI is InChI=1S/C21H23PS/c1-21(2,3)23-20-16-10-15-19(20)22(17-11-6-4-7-12-17)18-13-8-5-9-14-18/h4-16,20H,1-3H3/t20-/m1/s1. The average Bonchev–Trinajstić information content (AvgIpc) is 2.96. The molecule has 0 saturated carbocycles.